The number of β-amino-alcohol motifs (C(OH)–C–C–N with tert-alkyl or cyclic N) is 2. The number of unbranched alkanes of at least 4 members (excludes halogenated alkanes) is 2. The predicted octanol–water partition coefficient (Wildman–Crippen LogP) is 5.49. The molecule has 6 N–H and O–H groups in total. The third kappa shape index (κ3) is 19.7. The molecule has 2 aliphatic rings. The van der Waals surface area contributed by atoms with Crippen LogP contribution in [-0.4, -0.2) is 168 Å². The number of aliphatic hydroxyl groups is 2. The van der Waals surface area contributed by atoms with Gasteiger partial charge in [0.15, 0.2) is 0 Å². The number of aryl methyl sites for hydroxylation is 2. The van der Waals surface area contributed by atoms with Gasteiger partial charge in [-0.25, -0.2) is 9.97 Å². The summed E-state index contributed by atoms with van der Waals surface area (Å²) in [6, 6.07) is 12.0. The zero-order valence-corrected chi connectivity index (χ0v) is 49.9. The number of likely N-dealkylation sites (tertiary alicyclic amines) is 2. The number of carbonyl (C=O) groups is 6. The van der Waals surface area contributed by atoms with E-state index < -0.39 is 70.8 Å². The van der Waals surface area contributed by atoms with Crippen molar-refractivity contribution in [3.05, 3.63) is 82.1 Å². The monoisotopic (exact) mass is 1160 g/mol. The lowest BCUT2D eigenvalue weighted by atomic mass is 9.85. The Hall–Kier alpha value is -5.72. The fourth-order valence-electron chi connectivity index (χ4n) is 9.61. The second-order valence-electron chi connectivity index (χ2n) is 23.0. The molecular formula is C59H84N8O12S2. The van der Waals surface area contributed by atoms with Gasteiger partial charge in [0, 0.05) is 78.7 Å². The number of ether oxygens (including phenoxy) is 4. The van der Waals surface area contributed by atoms with Gasteiger partial charge in [0.25, 0.3) is 0 Å². The first-order valence-electron chi connectivity index (χ1n) is 28.0. The molecule has 0 radical (unpaired) electrons. The van der Waals surface area contributed by atoms with E-state index in [4.69, 9.17) is 18.9 Å². The van der Waals surface area contributed by atoms with Crippen LogP contribution in [0.2, 0.25) is 0 Å². The molecule has 4 heterocycles. The van der Waals surface area contributed by atoms with Gasteiger partial charge in [-0.3, -0.25) is 28.8 Å². The Balaban J connectivity index is 0.773. The molecule has 22 heteroatoms. The van der Waals surface area contributed by atoms with Gasteiger partial charge >= 0.3 is 0 Å². The number of nitrogens with one attached hydrogen (secondary N) is 4. The van der Waals surface area contributed by atoms with Gasteiger partial charge in [-0.1, -0.05) is 90.1 Å². The predicted molar refractivity (Wildman–Crippen MR) is 310 cm³/mol. The maximum Gasteiger partial charge on any atom is 0.246 e. The maximum atomic E-state index is 14.0. The lowest BCUT2D eigenvalue weighted by Crippen LogP contribution is -2.58. The van der Waals surface area contributed by atoms with E-state index >= 15 is 0 Å². The van der Waals surface area contributed by atoms with E-state index in [1.54, 1.807) is 22.7 Å². The Labute approximate surface area is 484 Å². The van der Waals surface area contributed by atoms with Crippen LogP contribution in [-0.2, 0) is 60.8 Å². The van der Waals surface area contributed by atoms with E-state index in [1.165, 1.54) is 9.80 Å². The number of amides is 6. The van der Waals surface area contributed by atoms with Crippen LogP contribution in [0.3, 0.4) is 0 Å². The first kappa shape index (κ1) is 64.4. The van der Waals surface area contributed by atoms with Crippen molar-refractivity contribution >= 4 is 58.1 Å². The molecule has 0 saturated carbocycles. The first-order chi connectivity index (χ1) is 38.6. The summed E-state index contributed by atoms with van der Waals surface area (Å²) in [5.41, 5.74) is 8.00. The Morgan fingerprint density at radius 2 is 0.914 bits per heavy atom. The van der Waals surface area contributed by atoms with Crippen molar-refractivity contribution in [2.45, 2.75) is 150 Å². The summed E-state index contributed by atoms with van der Waals surface area (Å²) < 4.78 is 22.7. The minimum absolute atomic E-state index is 0.0190. The van der Waals surface area contributed by atoms with Gasteiger partial charge < -0.3 is 60.2 Å². The van der Waals surface area contributed by atoms with Crippen LogP contribution >= 0.6 is 22.7 Å². The summed E-state index contributed by atoms with van der Waals surface area (Å²) in [7, 11) is 0. The SMILES string of the molecule is Cc1ncsc1-c1ccc(CNC(=O)[C@@H]2C[C@@H](O)CN2C(=O)[C@@H](NC(=O)COCCCOCCCCCOCCCOCC(=O)N[C@H](C(=O)N2C[C@H](O)C[C@H]2C(=O)NCc2ccc(-c3scnc3C)cc2)C(C)(C)C)C(C)(C)C)cc1. The number of rotatable bonds is 30. The molecule has 2 fully saturated rings. The number of nitrogens with zero attached hydrogens (tertiary/aromatic N) is 4. The Kier molecular flexibility index (Phi) is 24.7. The molecule has 6 amide bonds. The minimum Gasteiger partial charge on any atom is -0.391 e. The molecule has 4 aromatic rings. The average Bonchev–Trinajstić information content (AvgIpc) is 4.26. The summed E-state index contributed by atoms with van der Waals surface area (Å²) >= 11 is 3.14. The number of hydrogen-bond acceptors (Lipinski definition) is 16. The van der Waals surface area contributed by atoms with E-state index in [1.807, 2.05) is 115 Å². The van der Waals surface area contributed by atoms with Gasteiger partial charge in [0.1, 0.15) is 37.4 Å². The molecular weight excluding hydrogens is 1080 g/mol. The molecule has 6 atom stereocenters. The van der Waals surface area contributed by atoms with Gasteiger partial charge in [-0.15, -0.1) is 22.7 Å². The highest BCUT2D eigenvalue weighted by Crippen LogP contribution is 2.31. The topological polar surface area (TPSA) is 260 Å². The average molecular weight is 1160 g/mol. The van der Waals surface area contributed by atoms with Gasteiger partial charge in [-0.05, 0) is 79.0 Å². The Bertz CT molecular complexity index is 2490. The van der Waals surface area contributed by atoms with Gasteiger partial charge in [0.05, 0.1) is 44.4 Å². The molecule has 20 nitrogen and oxygen atoms in total. The van der Waals surface area contributed by atoms with Gasteiger partial charge in [0.2, 0.25) is 35.4 Å². The van der Waals surface area contributed by atoms with Crippen molar-refractivity contribution in [1.29, 1.82) is 0 Å². The third-order valence-electron chi connectivity index (χ3n) is 14.1. The van der Waals surface area contributed by atoms with E-state index in [-0.39, 0.29) is 77.3 Å². The standard InChI is InChI=1S/C59H84N8O12S2/c1-38-50(80-36-62-38)42-18-14-40(15-19-42)30-60-54(72)46-28-44(68)32-66(46)56(74)52(58(3,4)5)64-48(70)34-78-26-12-24-76-22-10-9-11-23-77-25-13-27-79-35-49(71)65-53(59(6,7)8)57(75)67-33-45(69)29-47(67)55(73)61-31-41-16-20-43(21-17-41)51-39(2)63-37-81-51/h14-21,36-37,44-47,52-53,68-69H,9-13,22-35H2,1-8H3,(H,60,72)(H,61,73)(H,64,70)(H,65,71)/t44-,45-,46+,47+,52-,53-/m1/s1. The third-order valence-corrected chi connectivity index (χ3v) is 16.1. The molecule has 0 unspecified atom stereocenters. The normalized spacial score (nSPS) is 18.1. The van der Waals surface area contributed by atoms with Crippen molar-refractivity contribution in [3.8, 4) is 20.9 Å². The van der Waals surface area contributed by atoms with Crippen LogP contribution < -0.4 is 21.3 Å². The number of aliphatic hydroxyl groups excluding tert-OH is 2. The zero-order chi connectivity index (χ0) is 58.7. The molecule has 2 saturated heterocycles. The van der Waals surface area contributed by atoms with E-state index in [2.05, 4.69) is 31.2 Å². The molecule has 6 rings (SSSR count). The van der Waals surface area contributed by atoms with E-state index in [0.29, 0.717) is 39.3 Å². The quantitative estimate of drug-likeness (QED) is 0.0353. The maximum absolute atomic E-state index is 14.0. The number of thiazole rings is 2. The lowest BCUT2D eigenvalue weighted by molar-refractivity contribution is -0.144. The number of carbonyl (C=O) groups excluding carboxylic acids is 6. The largest absolute Gasteiger partial charge is 0.391 e. The van der Waals surface area contributed by atoms with Crippen LogP contribution in [0, 0.1) is 24.7 Å². The van der Waals surface area contributed by atoms with Crippen molar-refractivity contribution in [1.82, 2.24) is 41.0 Å². The molecule has 2 aromatic heterocycles. The van der Waals surface area contributed by atoms with Crippen molar-refractivity contribution in [2.24, 2.45) is 10.8 Å². The molecule has 0 bridgehead atoms. The summed E-state index contributed by atoms with van der Waals surface area (Å²) in [6.07, 6.45) is 2.19. The zero-order valence-electron chi connectivity index (χ0n) is 48.3. The lowest BCUT2D eigenvalue weighted by Gasteiger charge is -2.35. The van der Waals surface area contributed by atoms with E-state index in [0.717, 1.165) is 62.7 Å². The summed E-state index contributed by atoms with van der Waals surface area (Å²) in [4.78, 5) is 94.4. The number of aromatic nitrogens is 2. The molecule has 2 aromatic carbocycles. The molecule has 444 valence electrons. The molecule has 0 spiro atoms. The van der Waals surface area contributed by atoms with E-state index in [9.17, 15) is 39.0 Å². The van der Waals surface area contributed by atoms with Crippen molar-refractivity contribution in [2.75, 3.05) is 65.9 Å². The summed E-state index contributed by atoms with van der Waals surface area (Å²) in [5.74, 6) is -2.56. The number of hydrogen-bond donors (Lipinski definition) is 6. The highest BCUT2D eigenvalue weighted by Gasteiger charge is 2.46. The van der Waals surface area contributed by atoms with Crippen LogP contribution in [0.25, 0.3) is 20.9 Å². The second-order valence-corrected chi connectivity index (χ2v) is 24.7. The van der Waals surface area contributed by atoms with Crippen molar-refractivity contribution in [3.63, 3.8) is 0 Å². The van der Waals surface area contributed by atoms with Crippen LogP contribution in [0.1, 0.15) is 109 Å². The summed E-state index contributed by atoms with van der Waals surface area (Å²) in [5, 5.41) is 32.6. The van der Waals surface area contributed by atoms with Gasteiger partial charge in [-0.2, -0.15) is 0 Å². The first-order valence-corrected chi connectivity index (χ1v) is 29.8. The molecule has 2 aliphatic heterocycles. The number of benzene rings is 2. The Morgan fingerprint density at radius 1 is 0.556 bits per heavy atom. The molecule has 0 aliphatic carbocycles. The van der Waals surface area contributed by atoms with Crippen molar-refractivity contribution < 1.29 is 57.9 Å². The molecule has 81 heavy (non-hydrogen) atoms. The fourth-order valence-corrected chi connectivity index (χ4v) is 11.2. The van der Waals surface area contributed by atoms with Crippen LogP contribution in [0.4, 0.5) is 0 Å². The van der Waals surface area contributed by atoms with Crippen LogP contribution in [0.5, 0.6) is 0 Å². The highest BCUT2D eigenvalue weighted by molar-refractivity contribution is 7.13. The highest BCUT2D eigenvalue weighted by atomic mass is 32.1. The summed E-state index contributed by atoms with van der Waals surface area (Å²) in [6.45, 7) is 17.5. The van der Waals surface area contributed by atoms with Crippen LogP contribution in [0.15, 0.2) is 59.6 Å². The second kappa shape index (κ2) is 31.1. The minimum atomic E-state index is -0.961. The smallest absolute Gasteiger partial charge is 0.246 e. The Morgan fingerprint density at radius 3 is 1.26 bits per heavy atom. The fraction of sp³-hybridized carbons (Fsp3) is 0.593.